The van der Waals surface area contributed by atoms with Crippen molar-refractivity contribution in [2.75, 3.05) is 0 Å². The maximum atomic E-state index is 3.43. The van der Waals surface area contributed by atoms with Crippen LogP contribution in [0, 0.1) is 6.07 Å². The zero-order valence-electron chi connectivity index (χ0n) is 8.67. The Balaban J connectivity index is 2.43. The van der Waals surface area contributed by atoms with Crippen LogP contribution >= 0.6 is 0 Å². The summed E-state index contributed by atoms with van der Waals surface area (Å²) >= 11 is 0. The van der Waals surface area contributed by atoms with Gasteiger partial charge >= 0.3 is 0 Å². The van der Waals surface area contributed by atoms with E-state index < -0.39 is 0 Å². The first-order chi connectivity index (χ1) is 7.38. The molecule has 3 rings (SSSR count). The van der Waals surface area contributed by atoms with Crippen molar-refractivity contribution in [1.82, 2.24) is 4.98 Å². The Hall–Kier alpha value is -1.76. The highest BCUT2D eigenvalue weighted by molar-refractivity contribution is 6.07. The molecule has 15 heavy (non-hydrogen) atoms. The van der Waals surface area contributed by atoms with E-state index in [1.165, 1.54) is 27.4 Å². The molecular formula is C14H12N. The lowest BCUT2D eigenvalue weighted by Gasteiger charge is -1.95. The molecule has 1 heterocycles. The summed E-state index contributed by atoms with van der Waals surface area (Å²) < 4.78 is 0. The molecule has 1 aromatic heterocycles. The first-order valence-corrected chi connectivity index (χ1v) is 5.29. The van der Waals surface area contributed by atoms with E-state index in [1.807, 2.05) is 0 Å². The monoisotopic (exact) mass is 194 g/mol. The fourth-order valence-corrected chi connectivity index (χ4v) is 2.04. The van der Waals surface area contributed by atoms with Crippen molar-refractivity contribution in [2.24, 2.45) is 0 Å². The van der Waals surface area contributed by atoms with E-state index in [9.17, 15) is 0 Å². The summed E-state index contributed by atoms with van der Waals surface area (Å²) in [5, 5.41) is 2.55. The summed E-state index contributed by atoms with van der Waals surface area (Å²) in [6.45, 7) is 2.15. The third-order valence-corrected chi connectivity index (χ3v) is 2.88. The van der Waals surface area contributed by atoms with Gasteiger partial charge in [-0.1, -0.05) is 25.1 Å². The van der Waals surface area contributed by atoms with E-state index in [0.29, 0.717) is 0 Å². The molecule has 0 unspecified atom stereocenters. The number of para-hydroxylation sites is 1. The van der Waals surface area contributed by atoms with Crippen LogP contribution in [0.15, 0.2) is 36.4 Å². The van der Waals surface area contributed by atoms with Crippen molar-refractivity contribution >= 4 is 21.8 Å². The van der Waals surface area contributed by atoms with E-state index in [1.54, 1.807) is 0 Å². The van der Waals surface area contributed by atoms with Gasteiger partial charge in [-0.2, -0.15) is 0 Å². The largest absolute Gasteiger partial charge is 0.355 e. The molecule has 0 saturated heterocycles. The normalized spacial score (nSPS) is 11.3. The third kappa shape index (κ3) is 1.23. The topological polar surface area (TPSA) is 15.8 Å². The lowest BCUT2D eigenvalue weighted by atomic mass is 10.1. The summed E-state index contributed by atoms with van der Waals surface area (Å²) in [6.07, 6.45) is 1.03. The second-order valence-electron chi connectivity index (χ2n) is 3.81. The minimum atomic E-state index is 1.03. The molecule has 1 heteroatoms. The standard InChI is InChI=1S/C14H12N/c1-2-10-7-8-12-11-5-3-4-6-13(11)15-14(12)9-10/h3-6,8-9,15H,2H2,1H3. The number of H-pyrrole nitrogens is 1. The van der Waals surface area contributed by atoms with Crippen molar-refractivity contribution < 1.29 is 0 Å². The first-order valence-electron chi connectivity index (χ1n) is 5.29. The van der Waals surface area contributed by atoms with Gasteiger partial charge in [0.05, 0.1) is 0 Å². The van der Waals surface area contributed by atoms with Crippen LogP contribution in [0.1, 0.15) is 12.5 Å². The van der Waals surface area contributed by atoms with E-state index in [0.717, 1.165) is 6.42 Å². The SMILES string of the molecule is CCc1[c]cc2c(c1)[nH]c1ccccc12. The molecule has 0 saturated carbocycles. The Morgan fingerprint density at radius 2 is 2.00 bits per heavy atom. The van der Waals surface area contributed by atoms with Gasteiger partial charge in [0, 0.05) is 21.8 Å². The predicted molar refractivity (Wildman–Crippen MR) is 64.0 cm³/mol. The van der Waals surface area contributed by atoms with Crippen molar-refractivity contribution in [3.8, 4) is 0 Å². The Labute approximate surface area is 88.7 Å². The van der Waals surface area contributed by atoms with Crippen molar-refractivity contribution in [3.63, 3.8) is 0 Å². The zero-order valence-corrected chi connectivity index (χ0v) is 8.67. The van der Waals surface area contributed by atoms with Gasteiger partial charge in [0.25, 0.3) is 0 Å². The molecular weight excluding hydrogens is 182 g/mol. The maximum absolute atomic E-state index is 3.43. The molecule has 0 aliphatic heterocycles. The number of benzene rings is 2. The number of aromatic amines is 1. The van der Waals surface area contributed by atoms with E-state index in [4.69, 9.17) is 0 Å². The number of aryl methyl sites for hydroxylation is 1. The highest BCUT2D eigenvalue weighted by Gasteiger charge is 2.03. The number of rotatable bonds is 1. The van der Waals surface area contributed by atoms with Crippen LogP contribution < -0.4 is 0 Å². The number of nitrogens with one attached hydrogen (secondary N) is 1. The first kappa shape index (κ1) is 8.54. The molecule has 0 spiro atoms. The van der Waals surface area contributed by atoms with Crippen LogP contribution in [-0.2, 0) is 6.42 Å². The molecule has 0 aliphatic carbocycles. The summed E-state index contributed by atoms with van der Waals surface area (Å²) in [6, 6.07) is 16.0. The van der Waals surface area contributed by atoms with Gasteiger partial charge in [-0.25, -0.2) is 0 Å². The molecule has 1 radical (unpaired) electrons. The molecule has 2 aromatic carbocycles. The molecule has 3 aromatic rings. The summed E-state index contributed by atoms with van der Waals surface area (Å²) in [4.78, 5) is 3.43. The van der Waals surface area contributed by atoms with Gasteiger partial charge in [0.15, 0.2) is 0 Å². The molecule has 73 valence electrons. The second kappa shape index (κ2) is 3.13. The van der Waals surface area contributed by atoms with Crippen molar-refractivity contribution in [2.45, 2.75) is 13.3 Å². The highest BCUT2D eigenvalue weighted by Crippen LogP contribution is 2.25. The van der Waals surface area contributed by atoms with Crippen LogP contribution in [0.3, 0.4) is 0 Å². The molecule has 0 amide bonds. The van der Waals surface area contributed by atoms with Crippen molar-refractivity contribution in [3.05, 3.63) is 48.0 Å². The fourth-order valence-electron chi connectivity index (χ4n) is 2.04. The number of hydrogen-bond donors (Lipinski definition) is 1. The van der Waals surface area contributed by atoms with Gasteiger partial charge < -0.3 is 4.98 Å². The Morgan fingerprint density at radius 1 is 1.13 bits per heavy atom. The van der Waals surface area contributed by atoms with Crippen LogP contribution in [0.4, 0.5) is 0 Å². The molecule has 0 fully saturated rings. The summed E-state index contributed by atoms with van der Waals surface area (Å²) in [5.74, 6) is 0. The van der Waals surface area contributed by atoms with Gasteiger partial charge in [0.2, 0.25) is 0 Å². The number of hydrogen-bond acceptors (Lipinski definition) is 0. The lowest BCUT2D eigenvalue weighted by Crippen LogP contribution is -1.78. The molecule has 0 aliphatic rings. The van der Waals surface area contributed by atoms with Gasteiger partial charge in [-0.05, 0) is 36.2 Å². The van der Waals surface area contributed by atoms with E-state index >= 15 is 0 Å². The number of fused-ring (bicyclic) bond motifs is 3. The Bertz CT molecular complexity index is 619. The molecule has 1 N–H and O–H groups in total. The van der Waals surface area contributed by atoms with Gasteiger partial charge in [-0.15, -0.1) is 0 Å². The highest BCUT2D eigenvalue weighted by atomic mass is 14.7. The summed E-state index contributed by atoms with van der Waals surface area (Å²) in [7, 11) is 0. The van der Waals surface area contributed by atoms with Crippen LogP contribution in [0.5, 0.6) is 0 Å². The van der Waals surface area contributed by atoms with Crippen LogP contribution in [0.2, 0.25) is 0 Å². The molecule has 1 nitrogen and oxygen atoms in total. The fraction of sp³-hybridized carbons (Fsp3) is 0.143. The average molecular weight is 194 g/mol. The van der Waals surface area contributed by atoms with Crippen LogP contribution in [0.25, 0.3) is 21.8 Å². The Morgan fingerprint density at radius 3 is 2.87 bits per heavy atom. The summed E-state index contributed by atoms with van der Waals surface area (Å²) in [5.41, 5.74) is 3.68. The van der Waals surface area contributed by atoms with Crippen molar-refractivity contribution in [1.29, 1.82) is 0 Å². The second-order valence-corrected chi connectivity index (χ2v) is 3.81. The Kier molecular flexibility index (Phi) is 1.78. The zero-order chi connectivity index (χ0) is 10.3. The lowest BCUT2D eigenvalue weighted by molar-refractivity contribution is 1.14. The van der Waals surface area contributed by atoms with E-state index in [-0.39, 0.29) is 0 Å². The van der Waals surface area contributed by atoms with Gasteiger partial charge in [-0.3, -0.25) is 0 Å². The van der Waals surface area contributed by atoms with E-state index in [2.05, 4.69) is 54.4 Å². The predicted octanol–water partition coefficient (Wildman–Crippen LogP) is 3.68. The molecule has 0 atom stereocenters. The quantitative estimate of drug-likeness (QED) is 0.608. The molecule has 0 bridgehead atoms. The smallest absolute Gasteiger partial charge is 0.0468 e. The average Bonchev–Trinajstić information content (AvgIpc) is 2.66. The maximum Gasteiger partial charge on any atom is 0.0468 e. The minimum absolute atomic E-state index is 1.03. The third-order valence-electron chi connectivity index (χ3n) is 2.88. The van der Waals surface area contributed by atoms with Gasteiger partial charge in [0.1, 0.15) is 0 Å². The number of aromatic nitrogens is 1. The van der Waals surface area contributed by atoms with Crippen LogP contribution in [-0.4, -0.2) is 4.98 Å². The minimum Gasteiger partial charge on any atom is -0.355 e.